The van der Waals surface area contributed by atoms with Gasteiger partial charge in [0.15, 0.2) is 5.96 Å². The molecule has 2 aromatic rings. The molecule has 2 aromatic carbocycles. The summed E-state index contributed by atoms with van der Waals surface area (Å²) in [5.74, 6) is 2.49. The number of rotatable bonds is 8. The molecule has 1 aliphatic rings. The zero-order valence-corrected chi connectivity index (χ0v) is 17.0. The highest BCUT2D eigenvalue weighted by Gasteiger charge is 2.14. The second-order valence-electron chi connectivity index (χ2n) is 6.74. The Balaban J connectivity index is 1.36. The fraction of sp³-hybridized carbons (Fsp3) is 0.364. The first-order valence-corrected chi connectivity index (χ1v) is 9.81. The van der Waals surface area contributed by atoms with E-state index in [-0.39, 0.29) is 5.91 Å². The molecule has 0 atom stereocenters. The van der Waals surface area contributed by atoms with Crippen LogP contribution < -0.4 is 25.4 Å². The number of fused-ring (bicyclic) bond motifs is 1. The lowest BCUT2D eigenvalue weighted by Gasteiger charge is -2.18. The Hall–Kier alpha value is -3.22. The van der Waals surface area contributed by atoms with Crippen LogP contribution in [0.25, 0.3) is 0 Å². The molecule has 0 bridgehead atoms. The van der Waals surface area contributed by atoms with Crippen LogP contribution in [-0.4, -0.2) is 45.7 Å². The minimum absolute atomic E-state index is 0.0706. The average molecular weight is 396 g/mol. The Kier molecular flexibility index (Phi) is 7.33. The number of carbonyl (C=O) groups excluding carboxylic acids is 1. The summed E-state index contributed by atoms with van der Waals surface area (Å²) in [4.78, 5) is 15.7. The summed E-state index contributed by atoms with van der Waals surface area (Å²) < 4.78 is 11.0. The molecule has 0 fully saturated rings. The lowest BCUT2D eigenvalue weighted by atomic mass is 10.0. The van der Waals surface area contributed by atoms with Crippen molar-refractivity contribution in [1.82, 2.24) is 10.6 Å². The van der Waals surface area contributed by atoms with Crippen molar-refractivity contribution in [3.05, 3.63) is 53.6 Å². The highest BCUT2D eigenvalue weighted by atomic mass is 16.5. The molecule has 0 radical (unpaired) electrons. The molecule has 154 valence electrons. The van der Waals surface area contributed by atoms with Gasteiger partial charge >= 0.3 is 0 Å². The first-order valence-electron chi connectivity index (χ1n) is 9.81. The minimum atomic E-state index is 0.0706. The largest absolute Gasteiger partial charge is 0.497 e. The molecule has 0 spiro atoms. The van der Waals surface area contributed by atoms with Crippen molar-refractivity contribution in [2.75, 3.05) is 39.2 Å². The Morgan fingerprint density at radius 2 is 1.83 bits per heavy atom. The van der Waals surface area contributed by atoms with E-state index in [2.05, 4.69) is 33.1 Å². The van der Waals surface area contributed by atoms with Crippen molar-refractivity contribution in [2.24, 2.45) is 4.99 Å². The summed E-state index contributed by atoms with van der Waals surface area (Å²) in [5.41, 5.74) is 3.24. The minimum Gasteiger partial charge on any atom is -0.497 e. The zero-order chi connectivity index (χ0) is 20.5. The van der Waals surface area contributed by atoms with Gasteiger partial charge in [-0.1, -0.05) is 12.1 Å². The van der Waals surface area contributed by atoms with Gasteiger partial charge in [0.25, 0.3) is 0 Å². The Bertz CT molecular complexity index is 850. The van der Waals surface area contributed by atoms with Crippen molar-refractivity contribution in [2.45, 2.75) is 19.3 Å². The molecule has 0 saturated carbocycles. The van der Waals surface area contributed by atoms with Gasteiger partial charge in [-0.3, -0.25) is 9.79 Å². The van der Waals surface area contributed by atoms with Gasteiger partial charge in [-0.25, -0.2) is 0 Å². The molecule has 0 unspecified atom stereocenters. The zero-order valence-electron chi connectivity index (χ0n) is 17.0. The number of carbonyl (C=O) groups is 1. The molecule has 1 heterocycles. The van der Waals surface area contributed by atoms with Gasteiger partial charge in [-0.15, -0.1) is 0 Å². The lowest BCUT2D eigenvalue weighted by Crippen LogP contribution is -2.40. The summed E-state index contributed by atoms with van der Waals surface area (Å²) in [6.45, 7) is 1.93. The van der Waals surface area contributed by atoms with Gasteiger partial charge in [0.05, 0.1) is 13.7 Å². The number of hydrogen-bond acceptors (Lipinski definition) is 4. The molecule has 7 nitrogen and oxygen atoms in total. The summed E-state index contributed by atoms with van der Waals surface area (Å²) in [7, 11) is 3.42. The first-order chi connectivity index (χ1) is 14.2. The van der Waals surface area contributed by atoms with Gasteiger partial charge in [0.2, 0.25) is 5.91 Å². The number of nitrogens with zero attached hydrogens (tertiary/aromatic N) is 1. The number of ether oxygens (including phenoxy) is 2. The number of amides is 1. The van der Waals surface area contributed by atoms with Gasteiger partial charge in [0, 0.05) is 25.7 Å². The fourth-order valence-corrected chi connectivity index (χ4v) is 3.13. The molecule has 1 aliphatic heterocycles. The molecule has 29 heavy (non-hydrogen) atoms. The lowest BCUT2D eigenvalue weighted by molar-refractivity contribution is -0.116. The second kappa shape index (κ2) is 10.4. The molecule has 0 aromatic heterocycles. The van der Waals surface area contributed by atoms with Crippen LogP contribution in [0, 0.1) is 0 Å². The molecule has 0 aliphatic carbocycles. The monoisotopic (exact) mass is 396 g/mol. The SMILES string of the molecule is CN=C(NCCOc1ccc2c(c1)CCC(=O)N2)NCCc1ccc(OC)cc1. The van der Waals surface area contributed by atoms with Crippen molar-refractivity contribution < 1.29 is 14.3 Å². The predicted octanol–water partition coefficient (Wildman–Crippen LogP) is 2.37. The van der Waals surface area contributed by atoms with Gasteiger partial charge in [-0.05, 0) is 54.3 Å². The highest BCUT2D eigenvalue weighted by molar-refractivity contribution is 5.94. The number of methoxy groups -OCH3 is 1. The van der Waals surface area contributed by atoms with Crippen LogP contribution >= 0.6 is 0 Å². The van der Waals surface area contributed by atoms with Gasteiger partial charge in [-0.2, -0.15) is 0 Å². The van der Waals surface area contributed by atoms with Crippen LogP contribution in [0.4, 0.5) is 5.69 Å². The van der Waals surface area contributed by atoms with Crippen LogP contribution in [0.1, 0.15) is 17.5 Å². The van der Waals surface area contributed by atoms with Crippen molar-refractivity contribution in [3.8, 4) is 11.5 Å². The van der Waals surface area contributed by atoms with E-state index < -0.39 is 0 Å². The third-order valence-corrected chi connectivity index (χ3v) is 4.72. The van der Waals surface area contributed by atoms with E-state index in [9.17, 15) is 4.79 Å². The summed E-state index contributed by atoms with van der Waals surface area (Å²) >= 11 is 0. The summed E-state index contributed by atoms with van der Waals surface area (Å²) in [5, 5.41) is 9.43. The topological polar surface area (TPSA) is 84.0 Å². The maximum atomic E-state index is 11.4. The van der Waals surface area contributed by atoms with Crippen LogP contribution in [-0.2, 0) is 17.6 Å². The number of aryl methyl sites for hydroxylation is 1. The summed E-state index contributed by atoms with van der Waals surface area (Å²) in [6, 6.07) is 13.8. The van der Waals surface area contributed by atoms with Crippen LogP contribution in [0.3, 0.4) is 0 Å². The summed E-state index contributed by atoms with van der Waals surface area (Å²) in [6.07, 6.45) is 2.17. The molecule has 3 N–H and O–H groups in total. The molecule has 0 saturated heterocycles. The number of hydrogen-bond donors (Lipinski definition) is 3. The van der Waals surface area contributed by atoms with Crippen LogP contribution in [0.2, 0.25) is 0 Å². The number of anilines is 1. The third kappa shape index (κ3) is 6.14. The Morgan fingerprint density at radius 3 is 2.59 bits per heavy atom. The van der Waals surface area contributed by atoms with E-state index in [1.807, 2.05) is 30.3 Å². The van der Waals surface area contributed by atoms with E-state index >= 15 is 0 Å². The standard InChI is InChI=1S/C22H28N4O3/c1-23-22(24-12-11-16-3-6-18(28-2)7-4-16)25-13-14-29-19-8-9-20-17(15-19)5-10-21(27)26-20/h3-4,6-9,15H,5,10-14H2,1-2H3,(H,26,27)(H2,23,24,25). The van der Waals surface area contributed by atoms with Crippen molar-refractivity contribution in [1.29, 1.82) is 0 Å². The smallest absolute Gasteiger partial charge is 0.224 e. The van der Waals surface area contributed by atoms with Crippen LogP contribution in [0.5, 0.6) is 11.5 Å². The third-order valence-electron chi connectivity index (χ3n) is 4.72. The predicted molar refractivity (Wildman–Crippen MR) is 115 cm³/mol. The van der Waals surface area contributed by atoms with E-state index in [4.69, 9.17) is 9.47 Å². The molecule has 1 amide bonds. The van der Waals surface area contributed by atoms with Gasteiger partial charge < -0.3 is 25.4 Å². The number of nitrogens with one attached hydrogen (secondary N) is 3. The molecule has 7 heteroatoms. The highest BCUT2D eigenvalue weighted by Crippen LogP contribution is 2.26. The number of guanidine groups is 1. The maximum Gasteiger partial charge on any atom is 0.224 e. The van der Waals surface area contributed by atoms with Crippen molar-refractivity contribution >= 4 is 17.6 Å². The van der Waals surface area contributed by atoms with E-state index in [1.165, 1.54) is 5.56 Å². The Morgan fingerprint density at radius 1 is 1.07 bits per heavy atom. The fourth-order valence-electron chi connectivity index (χ4n) is 3.13. The quantitative estimate of drug-likeness (QED) is 0.362. The maximum absolute atomic E-state index is 11.4. The van der Waals surface area contributed by atoms with Crippen LogP contribution in [0.15, 0.2) is 47.5 Å². The van der Waals surface area contributed by atoms with E-state index in [1.54, 1.807) is 14.2 Å². The number of benzene rings is 2. The van der Waals surface area contributed by atoms with Gasteiger partial charge in [0.1, 0.15) is 18.1 Å². The van der Waals surface area contributed by atoms with E-state index in [0.717, 1.165) is 48.1 Å². The van der Waals surface area contributed by atoms with Crippen molar-refractivity contribution in [3.63, 3.8) is 0 Å². The van der Waals surface area contributed by atoms with E-state index in [0.29, 0.717) is 19.6 Å². The number of aliphatic imine (C=N–C) groups is 1. The molecular formula is C22H28N4O3. The molecular weight excluding hydrogens is 368 g/mol. The average Bonchev–Trinajstić information content (AvgIpc) is 2.75. The first kappa shape index (κ1) is 20.5. The normalized spacial score (nSPS) is 13.3. The Labute approximate surface area is 171 Å². The second-order valence-corrected chi connectivity index (χ2v) is 6.74. The molecule has 3 rings (SSSR count).